The van der Waals surface area contributed by atoms with Crippen LogP contribution in [-0.2, 0) is 13.6 Å². The summed E-state index contributed by atoms with van der Waals surface area (Å²) >= 11 is 0. The maximum absolute atomic E-state index is 5.13. The minimum absolute atomic E-state index is 0.478. The van der Waals surface area contributed by atoms with Gasteiger partial charge in [0.2, 0.25) is 0 Å². The number of aryl methyl sites for hydroxylation is 2. The quantitative estimate of drug-likeness (QED) is 0.761. The van der Waals surface area contributed by atoms with E-state index in [9.17, 15) is 0 Å². The van der Waals surface area contributed by atoms with Gasteiger partial charge in [-0.2, -0.15) is 10.1 Å². The zero-order chi connectivity index (χ0) is 13.9. The summed E-state index contributed by atoms with van der Waals surface area (Å²) in [5.41, 5.74) is 0.820. The summed E-state index contributed by atoms with van der Waals surface area (Å²) in [6.07, 6.45) is 3.20. The lowest BCUT2D eigenvalue weighted by molar-refractivity contribution is 0.425. The van der Waals surface area contributed by atoms with E-state index in [2.05, 4.69) is 30.5 Å². The molecule has 0 fully saturated rings. The zero-order valence-corrected chi connectivity index (χ0v) is 11.1. The molecule has 102 valence electrons. The van der Waals surface area contributed by atoms with E-state index in [-0.39, 0.29) is 0 Å². The van der Waals surface area contributed by atoms with Crippen LogP contribution >= 0.6 is 0 Å². The standard InChI is InChI=1S/C12H13N7O/c1-8-17-12(20-18-8)9-3-4-13-10(5-9)14-6-11-15-7-16-19(11)2/h3-5,7H,6H2,1-2H3,(H,13,14). The van der Waals surface area contributed by atoms with Gasteiger partial charge < -0.3 is 9.84 Å². The predicted octanol–water partition coefficient (Wildman–Crippen LogP) is 1.18. The van der Waals surface area contributed by atoms with Crippen LogP contribution in [0.5, 0.6) is 0 Å². The van der Waals surface area contributed by atoms with Crippen LogP contribution in [0.2, 0.25) is 0 Å². The molecule has 0 bridgehead atoms. The Balaban J connectivity index is 1.76. The normalized spacial score (nSPS) is 10.7. The summed E-state index contributed by atoms with van der Waals surface area (Å²) in [5, 5.41) is 11.0. The molecule has 0 aliphatic rings. The van der Waals surface area contributed by atoms with Crippen LogP contribution in [-0.4, -0.2) is 29.9 Å². The highest BCUT2D eigenvalue weighted by Gasteiger charge is 2.08. The number of hydrogen-bond acceptors (Lipinski definition) is 7. The number of aromatic nitrogens is 6. The Morgan fingerprint density at radius 2 is 2.25 bits per heavy atom. The van der Waals surface area contributed by atoms with E-state index < -0.39 is 0 Å². The zero-order valence-electron chi connectivity index (χ0n) is 11.1. The third-order valence-corrected chi connectivity index (χ3v) is 2.77. The molecule has 0 unspecified atom stereocenters. The third kappa shape index (κ3) is 2.48. The Kier molecular flexibility index (Phi) is 3.12. The van der Waals surface area contributed by atoms with Crippen LogP contribution in [0.4, 0.5) is 5.82 Å². The molecule has 0 atom stereocenters. The molecule has 0 aliphatic carbocycles. The van der Waals surface area contributed by atoms with Crippen LogP contribution in [0.15, 0.2) is 29.2 Å². The molecule has 8 nitrogen and oxygen atoms in total. The van der Waals surface area contributed by atoms with Crippen molar-refractivity contribution in [3.63, 3.8) is 0 Å². The van der Waals surface area contributed by atoms with Crippen LogP contribution in [0.25, 0.3) is 11.5 Å². The van der Waals surface area contributed by atoms with Crippen LogP contribution in [0, 0.1) is 6.92 Å². The molecule has 20 heavy (non-hydrogen) atoms. The summed E-state index contributed by atoms with van der Waals surface area (Å²) < 4.78 is 6.84. The summed E-state index contributed by atoms with van der Waals surface area (Å²) in [6, 6.07) is 3.67. The highest BCUT2D eigenvalue weighted by molar-refractivity contribution is 5.57. The Morgan fingerprint density at radius 3 is 2.95 bits per heavy atom. The molecule has 0 aromatic carbocycles. The first kappa shape index (κ1) is 12.3. The molecule has 0 amide bonds. The Hall–Kier alpha value is -2.77. The Morgan fingerprint density at radius 1 is 1.35 bits per heavy atom. The Labute approximate surface area is 114 Å². The van der Waals surface area contributed by atoms with Gasteiger partial charge in [-0.1, -0.05) is 5.16 Å². The number of anilines is 1. The lowest BCUT2D eigenvalue weighted by atomic mass is 10.2. The third-order valence-electron chi connectivity index (χ3n) is 2.77. The van der Waals surface area contributed by atoms with Gasteiger partial charge in [0, 0.05) is 18.8 Å². The second kappa shape index (κ2) is 5.08. The van der Waals surface area contributed by atoms with Crippen molar-refractivity contribution in [3.8, 4) is 11.5 Å². The number of nitrogens with zero attached hydrogens (tertiary/aromatic N) is 6. The lowest BCUT2D eigenvalue weighted by Crippen LogP contribution is -2.07. The van der Waals surface area contributed by atoms with Crippen molar-refractivity contribution in [2.45, 2.75) is 13.5 Å². The molecule has 0 saturated heterocycles. The molecule has 1 N–H and O–H groups in total. The van der Waals surface area contributed by atoms with Gasteiger partial charge in [0.25, 0.3) is 5.89 Å². The maximum Gasteiger partial charge on any atom is 0.258 e. The number of nitrogens with one attached hydrogen (secondary N) is 1. The van der Waals surface area contributed by atoms with Gasteiger partial charge in [-0.05, 0) is 19.1 Å². The van der Waals surface area contributed by atoms with E-state index in [0.717, 1.165) is 11.4 Å². The van der Waals surface area contributed by atoms with E-state index in [0.29, 0.717) is 24.1 Å². The minimum Gasteiger partial charge on any atom is -0.363 e. The summed E-state index contributed by atoms with van der Waals surface area (Å²) in [6.45, 7) is 2.32. The van der Waals surface area contributed by atoms with Crippen LogP contribution in [0.1, 0.15) is 11.6 Å². The van der Waals surface area contributed by atoms with Gasteiger partial charge in [-0.25, -0.2) is 9.97 Å². The fourth-order valence-electron chi connectivity index (χ4n) is 1.72. The van der Waals surface area contributed by atoms with E-state index in [4.69, 9.17) is 4.52 Å². The van der Waals surface area contributed by atoms with Gasteiger partial charge in [0.1, 0.15) is 18.0 Å². The largest absolute Gasteiger partial charge is 0.363 e. The second-order valence-corrected chi connectivity index (χ2v) is 4.23. The van der Waals surface area contributed by atoms with Crippen molar-refractivity contribution in [2.24, 2.45) is 7.05 Å². The smallest absolute Gasteiger partial charge is 0.258 e. The van der Waals surface area contributed by atoms with Crippen molar-refractivity contribution in [1.29, 1.82) is 0 Å². The van der Waals surface area contributed by atoms with E-state index in [1.165, 1.54) is 6.33 Å². The second-order valence-electron chi connectivity index (χ2n) is 4.23. The molecule has 8 heteroatoms. The van der Waals surface area contributed by atoms with E-state index >= 15 is 0 Å². The Bertz CT molecular complexity index is 718. The van der Waals surface area contributed by atoms with Crippen LogP contribution in [0.3, 0.4) is 0 Å². The molecular weight excluding hydrogens is 258 g/mol. The fraction of sp³-hybridized carbons (Fsp3) is 0.250. The molecule has 0 saturated carbocycles. The van der Waals surface area contributed by atoms with Crippen molar-refractivity contribution < 1.29 is 4.52 Å². The molecule has 3 heterocycles. The van der Waals surface area contributed by atoms with Crippen LogP contribution < -0.4 is 5.32 Å². The van der Waals surface area contributed by atoms with Gasteiger partial charge in [-0.15, -0.1) is 0 Å². The fourth-order valence-corrected chi connectivity index (χ4v) is 1.72. The monoisotopic (exact) mass is 271 g/mol. The SMILES string of the molecule is Cc1noc(-c2ccnc(NCc3ncnn3C)c2)n1. The van der Waals surface area contributed by atoms with Gasteiger partial charge in [0.05, 0.1) is 6.54 Å². The summed E-state index contributed by atoms with van der Waals surface area (Å²) in [7, 11) is 1.84. The molecule has 3 aromatic heterocycles. The number of rotatable bonds is 4. The van der Waals surface area contributed by atoms with Crippen molar-refractivity contribution in [3.05, 3.63) is 36.3 Å². The first-order valence-electron chi connectivity index (χ1n) is 6.06. The van der Waals surface area contributed by atoms with Crippen molar-refractivity contribution in [2.75, 3.05) is 5.32 Å². The number of pyridine rings is 1. The molecule has 3 aromatic rings. The van der Waals surface area contributed by atoms with E-state index in [1.54, 1.807) is 17.8 Å². The van der Waals surface area contributed by atoms with Gasteiger partial charge in [-0.3, -0.25) is 4.68 Å². The summed E-state index contributed by atoms with van der Waals surface area (Å²) in [5.74, 6) is 2.62. The minimum atomic E-state index is 0.478. The first-order chi connectivity index (χ1) is 9.72. The average Bonchev–Trinajstić information content (AvgIpc) is 3.06. The molecule has 0 spiro atoms. The molecule has 0 radical (unpaired) electrons. The molecule has 0 aliphatic heterocycles. The lowest BCUT2D eigenvalue weighted by Gasteiger charge is -2.05. The van der Waals surface area contributed by atoms with Crippen molar-refractivity contribution in [1.82, 2.24) is 29.9 Å². The highest BCUT2D eigenvalue weighted by atomic mass is 16.5. The van der Waals surface area contributed by atoms with Crippen molar-refractivity contribution >= 4 is 5.82 Å². The number of hydrogen-bond donors (Lipinski definition) is 1. The topological polar surface area (TPSA) is 94.5 Å². The van der Waals surface area contributed by atoms with E-state index in [1.807, 2.05) is 19.2 Å². The molecule has 3 rings (SSSR count). The van der Waals surface area contributed by atoms with Gasteiger partial charge >= 0.3 is 0 Å². The highest BCUT2D eigenvalue weighted by Crippen LogP contribution is 2.19. The molecular formula is C12H13N7O. The average molecular weight is 271 g/mol. The summed E-state index contributed by atoms with van der Waals surface area (Å²) in [4.78, 5) is 12.6. The first-order valence-corrected chi connectivity index (χ1v) is 6.06. The maximum atomic E-state index is 5.13. The van der Waals surface area contributed by atoms with Gasteiger partial charge in [0.15, 0.2) is 5.82 Å². The predicted molar refractivity (Wildman–Crippen MR) is 70.6 cm³/mol.